The van der Waals surface area contributed by atoms with Gasteiger partial charge in [0.1, 0.15) is 22.4 Å². The number of rotatable bonds is 8. The highest BCUT2D eigenvalue weighted by atomic mass is 32.1. The number of fused-ring (bicyclic) bond motifs is 1. The van der Waals surface area contributed by atoms with Gasteiger partial charge >= 0.3 is 0 Å². The lowest BCUT2D eigenvalue weighted by atomic mass is 9.82. The fraction of sp³-hybridized carbons (Fsp3) is 0.583. The van der Waals surface area contributed by atoms with Crippen LogP contribution in [0.5, 0.6) is 0 Å². The minimum atomic E-state index is -1.02. The van der Waals surface area contributed by atoms with Gasteiger partial charge in [0.15, 0.2) is 0 Å². The van der Waals surface area contributed by atoms with Gasteiger partial charge in [-0.05, 0) is 45.1 Å². The molecule has 2 fully saturated rings. The molecule has 2 saturated carbocycles. The summed E-state index contributed by atoms with van der Waals surface area (Å²) in [6.45, 7) is 4.42. The van der Waals surface area contributed by atoms with E-state index in [1.54, 1.807) is 13.3 Å². The lowest BCUT2D eigenvalue weighted by Gasteiger charge is -2.34. The van der Waals surface area contributed by atoms with Crippen molar-refractivity contribution in [2.45, 2.75) is 57.5 Å². The molecule has 5 rings (SSSR count). The third kappa shape index (κ3) is 4.70. The van der Waals surface area contributed by atoms with Crippen LogP contribution in [0.15, 0.2) is 12.3 Å². The fourth-order valence-electron chi connectivity index (χ4n) is 5.00. The molecule has 0 spiro atoms. The van der Waals surface area contributed by atoms with Crippen molar-refractivity contribution in [3.8, 4) is 10.6 Å². The topological polar surface area (TPSA) is 146 Å². The first-order valence-corrected chi connectivity index (χ1v) is 12.8. The van der Waals surface area contributed by atoms with Gasteiger partial charge in [-0.25, -0.2) is 9.97 Å². The molecule has 0 unspecified atom stereocenters. The van der Waals surface area contributed by atoms with Gasteiger partial charge in [0, 0.05) is 32.4 Å². The maximum Gasteiger partial charge on any atom is 0.224 e. The Morgan fingerprint density at radius 1 is 1.09 bits per heavy atom. The Balaban J connectivity index is 1.47. The number of aromatic nitrogens is 4. The molecule has 5 N–H and O–H groups in total. The average molecular weight is 501 g/mol. The molecule has 0 radical (unpaired) electrons. The molecule has 3 aromatic rings. The highest BCUT2D eigenvalue weighted by molar-refractivity contribution is 7.21. The number of aryl methyl sites for hydroxylation is 2. The van der Waals surface area contributed by atoms with Crippen molar-refractivity contribution in [3.63, 3.8) is 0 Å². The van der Waals surface area contributed by atoms with Crippen molar-refractivity contribution in [1.82, 2.24) is 19.9 Å². The number of nitrogens with one attached hydrogen (secondary N) is 2. The van der Waals surface area contributed by atoms with Gasteiger partial charge in [-0.3, -0.25) is 4.98 Å². The Kier molecular flexibility index (Phi) is 6.86. The van der Waals surface area contributed by atoms with E-state index < -0.39 is 24.2 Å². The van der Waals surface area contributed by atoms with Gasteiger partial charge in [0.25, 0.3) is 0 Å². The number of methoxy groups -OCH3 is 1. The Morgan fingerprint density at radius 2 is 1.89 bits per heavy atom. The van der Waals surface area contributed by atoms with Crippen LogP contribution in [0.4, 0.5) is 11.8 Å². The van der Waals surface area contributed by atoms with Crippen LogP contribution in [0, 0.1) is 25.7 Å². The van der Waals surface area contributed by atoms with E-state index in [0.717, 1.165) is 51.6 Å². The Morgan fingerprint density at radius 3 is 2.57 bits per heavy atom. The van der Waals surface area contributed by atoms with Crippen LogP contribution >= 0.6 is 11.3 Å². The molecule has 3 aromatic heterocycles. The second-order valence-electron chi connectivity index (χ2n) is 9.60. The van der Waals surface area contributed by atoms with Gasteiger partial charge < -0.3 is 30.7 Å². The minimum absolute atomic E-state index is 0.188. The molecule has 2 aliphatic carbocycles. The summed E-state index contributed by atoms with van der Waals surface area (Å²) in [5, 5.41) is 38.0. The lowest BCUT2D eigenvalue weighted by Crippen LogP contribution is -2.36. The highest BCUT2D eigenvalue weighted by Gasteiger charge is 2.41. The predicted octanol–water partition coefficient (Wildman–Crippen LogP) is 2.12. The maximum absolute atomic E-state index is 10.6. The number of hydrogen-bond acceptors (Lipinski definition) is 11. The minimum Gasteiger partial charge on any atom is -0.396 e. The molecule has 0 amide bonds. The van der Waals surface area contributed by atoms with Crippen LogP contribution in [0.2, 0.25) is 0 Å². The Labute approximate surface area is 207 Å². The molecule has 35 heavy (non-hydrogen) atoms. The first-order chi connectivity index (χ1) is 16.9. The maximum atomic E-state index is 10.6. The van der Waals surface area contributed by atoms with Crippen LogP contribution in [0.3, 0.4) is 0 Å². The number of hydrogen-bond donors (Lipinski definition) is 5. The number of anilines is 2. The molecule has 0 aromatic carbocycles. The van der Waals surface area contributed by atoms with E-state index in [-0.39, 0.29) is 6.61 Å². The molecular weight excluding hydrogens is 468 g/mol. The smallest absolute Gasteiger partial charge is 0.224 e. The monoisotopic (exact) mass is 500 g/mol. The zero-order valence-electron chi connectivity index (χ0n) is 20.1. The summed E-state index contributed by atoms with van der Waals surface area (Å²) in [7, 11) is 1.74. The number of aliphatic hydroxyl groups is 3. The third-order valence-corrected chi connectivity index (χ3v) is 8.27. The van der Waals surface area contributed by atoms with Gasteiger partial charge in [-0.2, -0.15) is 4.98 Å². The number of aliphatic hydroxyl groups excluding tert-OH is 3. The molecule has 0 bridgehead atoms. The first-order valence-electron chi connectivity index (χ1n) is 12.0. The van der Waals surface area contributed by atoms with E-state index in [1.807, 2.05) is 19.9 Å². The molecule has 10 nitrogen and oxygen atoms in total. The molecule has 11 heteroatoms. The normalized spacial score (nSPS) is 28.3. The standard InChI is InChI=1S/C24H32N6O4S/c1-11-18(23-29-19-12(2)25-5-4-17(19)35-23)22(28-16-8-14(10-31)20(32)21(16)33)30-24(27-11)26-9-13-6-15(7-13)34-3/h4-5,13-16,20-21,31-33H,6-10H2,1-3H3,(H2,26,27,28,30)/t13?,14-,15?,16-,20-,21+/m1/s1. The third-order valence-electron chi connectivity index (χ3n) is 7.23. The van der Waals surface area contributed by atoms with E-state index in [9.17, 15) is 15.3 Å². The van der Waals surface area contributed by atoms with Gasteiger partial charge in [-0.1, -0.05) is 0 Å². The summed E-state index contributed by atoms with van der Waals surface area (Å²) >= 11 is 1.54. The molecule has 188 valence electrons. The van der Waals surface area contributed by atoms with Crippen molar-refractivity contribution in [1.29, 1.82) is 0 Å². The van der Waals surface area contributed by atoms with E-state index >= 15 is 0 Å². The number of thiazole rings is 1. The second kappa shape index (κ2) is 9.90. The van der Waals surface area contributed by atoms with Crippen LogP contribution < -0.4 is 10.6 Å². The second-order valence-corrected chi connectivity index (χ2v) is 10.6. The predicted molar refractivity (Wildman–Crippen MR) is 135 cm³/mol. The van der Waals surface area contributed by atoms with Crippen LogP contribution in [-0.2, 0) is 4.74 Å². The van der Waals surface area contributed by atoms with Crippen molar-refractivity contribution in [3.05, 3.63) is 23.7 Å². The SMILES string of the molecule is COC1CC(CNc2nc(C)c(-c3nc4c(C)nccc4s3)c(N[C@@H]3C[C@H](CO)[C@@H](O)[C@H]3O)n2)C1. The fourth-order valence-corrected chi connectivity index (χ4v) is 6.11. The van der Waals surface area contributed by atoms with E-state index in [4.69, 9.17) is 19.7 Å². The van der Waals surface area contributed by atoms with Crippen LogP contribution in [0.1, 0.15) is 30.7 Å². The van der Waals surface area contributed by atoms with Gasteiger partial charge in [0.2, 0.25) is 5.95 Å². The summed E-state index contributed by atoms with van der Waals surface area (Å²) in [5.41, 5.74) is 3.21. The summed E-state index contributed by atoms with van der Waals surface area (Å²) in [5.74, 6) is 1.16. The van der Waals surface area contributed by atoms with E-state index in [2.05, 4.69) is 15.6 Å². The van der Waals surface area contributed by atoms with Gasteiger partial charge in [-0.15, -0.1) is 11.3 Å². The lowest BCUT2D eigenvalue weighted by molar-refractivity contribution is 0.00444. The van der Waals surface area contributed by atoms with E-state index in [1.165, 1.54) is 11.3 Å². The molecule has 4 atom stereocenters. The van der Waals surface area contributed by atoms with Gasteiger partial charge in [0.05, 0.1) is 39.9 Å². The zero-order chi connectivity index (χ0) is 24.7. The Hall–Kier alpha value is -2.44. The number of nitrogens with zero attached hydrogens (tertiary/aromatic N) is 4. The van der Waals surface area contributed by atoms with Crippen LogP contribution in [-0.4, -0.2) is 79.9 Å². The summed E-state index contributed by atoms with van der Waals surface area (Å²) in [4.78, 5) is 18.7. The average Bonchev–Trinajstić information content (AvgIpc) is 3.35. The van der Waals surface area contributed by atoms with Crippen molar-refractivity contribution in [2.24, 2.45) is 11.8 Å². The summed E-state index contributed by atoms with van der Waals surface area (Å²) in [6, 6.07) is 1.48. The molecule has 0 aliphatic heterocycles. The quantitative estimate of drug-likeness (QED) is 0.312. The Bertz CT molecular complexity index is 1200. The first kappa shape index (κ1) is 24.3. The van der Waals surface area contributed by atoms with E-state index in [0.29, 0.717) is 30.2 Å². The molecule has 0 saturated heterocycles. The number of pyridine rings is 1. The summed E-state index contributed by atoms with van der Waals surface area (Å²) in [6.07, 6.45) is 2.54. The van der Waals surface area contributed by atoms with Crippen molar-refractivity contribution in [2.75, 3.05) is 30.9 Å². The molecule has 3 heterocycles. The van der Waals surface area contributed by atoms with Crippen molar-refractivity contribution >= 4 is 33.3 Å². The van der Waals surface area contributed by atoms with Crippen molar-refractivity contribution < 1.29 is 20.1 Å². The largest absolute Gasteiger partial charge is 0.396 e. The number of ether oxygens (including phenoxy) is 1. The molecule has 2 aliphatic rings. The molecular formula is C24H32N6O4S. The zero-order valence-corrected chi connectivity index (χ0v) is 20.9. The summed E-state index contributed by atoms with van der Waals surface area (Å²) < 4.78 is 6.40. The highest BCUT2D eigenvalue weighted by Crippen LogP contribution is 2.38. The van der Waals surface area contributed by atoms with Crippen LogP contribution in [0.25, 0.3) is 20.8 Å².